The van der Waals surface area contributed by atoms with E-state index in [-0.39, 0.29) is 12.4 Å². The highest BCUT2D eigenvalue weighted by molar-refractivity contribution is 4.93. The van der Waals surface area contributed by atoms with Crippen LogP contribution < -0.4 is 0 Å². The molecule has 1 N–H and O–H groups in total. The Labute approximate surface area is 84.1 Å². The van der Waals surface area contributed by atoms with Gasteiger partial charge < -0.3 is 19.3 Å². The van der Waals surface area contributed by atoms with Crippen LogP contribution in [0.4, 0.5) is 0 Å². The third-order valence-corrected chi connectivity index (χ3v) is 2.97. The number of aliphatic hydroxyl groups excluding tert-OH is 1. The second-order valence-electron chi connectivity index (χ2n) is 4.98. The highest BCUT2D eigenvalue weighted by Crippen LogP contribution is 2.44. The van der Waals surface area contributed by atoms with E-state index in [9.17, 15) is 5.11 Å². The molecule has 2 heterocycles. The molecule has 0 aromatic carbocycles. The van der Waals surface area contributed by atoms with Gasteiger partial charge in [-0.1, -0.05) is 27.7 Å². The summed E-state index contributed by atoms with van der Waals surface area (Å²) < 4.78 is 16.6. The van der Waals surface area contributed by atoms with Gasteiger partial charge in [-0.15, -0.1) is 0 Å². The first-order valence-electron chi connectivity index (χ1n) is 5.07. The number of ether oxygens (including phenoxy) is 3. The lowest BCUT2D eigenvalue weighted by Crippen LogP contribution is -2.36. The van der Waals surface area contributed by atoms with Crippen LogP contribution >= 0.6 is 0 Å². The number of aliphatic hydroxyl groups is 1. The topological polar surface area (TPSA) is 47.9 Å². The van der Waals surface area contributed by atoms with E-state index in [1.54, 1.807) is 0 Å². The van der Waals surface area contributed by atoms with E-state index < -0.39 is 18.0 Å². The molecule has 2 aliphatic rings. The van der Waals surface area contributed by atoms with Crippen LogP contribution in [0.3, 0.4) is 0 Å². The fraction of sp³-hybridized carbons (Fsp3) is 1.00. The van der Waals surface area contributed by atoms with Crippen LogP contribution in [0.1, 0.15) is 27.7 Å². The predicted molar refractivity (Wildman–Crippen MR) is 49.2 cm³/mol. The van der Waals surface area contributed by atoms with Crippen LogP contribution in [0, 0.1) is 11.3 Å². The van der Waals surface area contributed by atoms with E-state index in [1.165, 1.54) is 0 Å². The van der Waals surface area contributed by atoms with Gasteiger partial charge in [-0.05, 0) is 0 Å². The molecule has 2 aliphatic heterocycles. The number of rotatable bonds is 1. The molecular weight excluding hydrogens is 184 g/mol. The maximum Gasteiger partial charge on any atom is 0.190 e. The van der Waals surface area contributed by atoms with E-state index in [0.29, 0.717) is 5.92 Å². The van der Waals surface area contributed by atoms with Crippen molar-refractivity contribution in [2.75, 3.05) is 0 Å². The standard InChI is InChI=1S/C10H18O4/c1-5(2)7-12-6-8(13-7)14-9(11)10(6,3)4/h5-9,11H,1-4H3. The average molecular weight is 202 g/mol. The van der Waals surface area contributed by atoms with Crippen LogP contribution in [-0.2, 0) is 14.2 Å². The highest BCUT2D eigenvalue weighted by atomic mass is 16.8. The molecule has 2 saturated heterocycles. The quantitative estimate of drug-likeness (QED) is 0.691. The van der Waals surface area contributed by atoms with Gasteiger partial charge in [-0.25, -0.2) is 0 Å². The van der Waals surface area contributed by atoms with Gasteiger partial charge in [0, 0.05) is 11.3 Å². The molecule has 4 heteroatoms. The van der Waals surface area contributed by atoms with Gasteiger partial charge >= 0.3 is 0 Å². The smallest absolute Gasteiger partial charge is 0.190 e. The second-order valence-corrected chi connectivity index (χ2v) is 4.98. The summed E-state index contributed by atoms with van der Waals surface area (Å²) in [6, 6.07) is 0. The molecule has 14 heavy (non-hydrogen) atoms. The Morgan fingerprint density at radius 1 is 1.14 bits per heavy atom. The van der Waals surface area contributed by atoms with E-state index in [0.717, 1.165) is 0 Å². The number of hydrogen-bond donors (Lipinski definition) is 1. The van der Waals surface area contributed by atoms with Crippen molar-refractivity contribution < 1.29 is 19.3 Å². The van der Waals surface area contributed by atoms with Gasteiger partial charge in [0.2, 0.25) is 0 Å². The average Bonchev–Trinajstić information content (AvgIpc) is 2.55. The molecule has 0 saturated carbocycles. The van der Waals surface area contributed by atoms with Crippen molar-refractivity contribution in [2.45, 2.75) is 52.7 Å². The predicted octanol–water partition coefficient (Wildman–Crippen LogP) is 1.08. The lowest BCUT2D eigenvalue weighted by Gasteiger charge is -2.26. The molecule has 4 atom stereocenters. The first-order valence-corrected chi connectivity index (χ1v) is 5.07. The van der Waals surface area contributed by atoms with Gasteiger partial charge in [-0.2, -0.15) is 0 Å². The minimum atomic E-state index is -0.800. The molecule has 82 valence electrons. The SMILES string of the molecule is CC(C)C1OC2OC(O)C(C)(C)C2O1. The van der Waals surface area contributed by atoms with Gasteiger partial charge in [0.05, 0.1) is 0 Å². The van der Waals surface area contributed by atoms with E-state index in [4.69, 9.17) is 14.2 Å². The first-order chi connectivity index (χ1) is 6.43. The summed E-state index contributed by atoms with van der Waals surface area (Å²) in [5.74, 6) is 0.303. The lowest BCUT2D eigenvalue weighted by atomic mass is 9.88. The lowest BCUT2D eigenvalue weighted by molar-refractivity contribution is -0.230. The van der Waals surface area contributed by atoms with Crippen LogP contribution in [0.2, 0.25) is 0 Å². The normalized spacial score (nSPS) is 45.9. The van der Waals surface area contributed by atoms with E-state index in [1.807, 2.05) is 27.7 Å². The van der Waals surface area contributed by atoms with Gasteiger partial charge in [0.15, 0.2) is 18.9 Å². The zero-order valence-electron chi connectivity index (χ0n) is 9.06. The third kappa shape index (κ3) is 1.37. The Balaban J connectivity index is 2.10. The summed E-state index contributed by atoms with van der Waals surface area (Å²) in [4.78, 5) is 0. The summed E-state index contributed by atoms with van der Waals surface area (Å²) in [6.07, 6.45) is -1.58. The fourth-order valence-corrected chi connectivity index (χ4v) is 1.83. The maximum atomic E-state index is 9.61. The van der Waals surface area contributed by atoms with Crippen LogP contribution in [0.25, 0.3) is 0 Å². The molecule has 0 radical (unpaired) electrons. The van der Waals surface area contributed by atoms with Crippen molar-refractivity contribution in [1.82, 2.24) is 0 Å². The summed E-state index contributed by atoms with van der Waals surface area (Å²) in [6.45, 7) is 7.92. The molecule has 0 aromatic rings. The van der Waals surface area contributed by atoms with E-state index >= 15 is 0 Å². The van der Waals surface area contributed by atoms with Gasteiger partial charge in [-0.3, -0.25) is 0 Å². The maximum absolute atomic E-state index is 9.61. The monoisotopic (exact) mass is 202 g/mol. The minimum Gasteiger partial charge on any atom is -0.367 e. The Hall–Kier alpha value is -0.160. The first kappa shape index (κ1) is 10.4. The molecular formula is C10H18O4. The van der Waals surface area contributed by atoms with Crippen molar-refractivity contribution in [3.05, 3.63) is 0 Å². The Bertz CT molecular complexity index is 226. The van der Waals surface area contributed by atoms with E-state index in [2.05, 4.69) is 0 Å². The zero-order chi connectivity index (χ0) is 10.5. The highest BCUT2D eigenvalue weighted by Gasteiger charge is 2.57. The van der Waals surface area contributed by atoms with Gasteiger partial charge in [0.1, 0.15) is 6.10 Å². The molecule has 4 unspecified atom stereocenters. The van der Waals surface area contributed by atoms with Crippen molar-refractivity contribution >= 4 is 0 Å². The molecule has 0 bridgehead atoms. The third-order valence-electron chi connectivity index (χ3n) is 2.97. The largest absolute Gasteiger partial charge is 0.367 e. The van der Waals surface area contributed by atoms with Crippen molar-refractivity contribution in [1.29, 1.82) is 0 Å². The molecule has 4 nitrogen and oxygen atoms in total. The molecule has 0 spiro atoms. The molecule has 0 aliphatic carbocycles. The van der Waals surface area contributed by atoms with Crippen molar-refractivity contribution in [3.63, 3.8) is 0 Å². The minimum absolute atomic E-state index is 0.162. The summed E-state index contributed by atoms with van der Waals surface area (Å²) in [5, 5.41) is 9.61. The van der Waals surface area contributed by atoms with Crippen molar-refractivity contribution in [2.24, 2.45) is 11.3 Å². The second kappa shape index (κ2) is 3.17. The number of hydrogen-bond acceptors (Lipinski definition) is 4. The fourth-order valence-electron chi connectivity index (χ4n) is 1.83. The van der Waals surface area contributed by atoms with Crippen LogP contribution in [0.15, 0.2) is 0 Å². The van der Waals surface area contributed by atoms with Gasteiger partial charge in [0.25, 0.3) is 0 Å². The summed E-state index contributed by atoms with van der Waals surface area (Å²) in [5.41, 5.74) is -0.395. The number of fused-ring (bicyclic) bond motifs is 1. The Kier molecular flexibility index (Phi) is 2.34. The Morgan fingerprint density at radius 3 is 2.29 bits per heavy atom. The molecule has 2 rings (SSSR count). The van der Waals surface area contributed by atoms with Crippen LogP contribution in [-0.4, -0.2) is 30.1 Å². The van der Waals surface area contributed by atoms with Crippen molar-refractivity contribution in [3.8, 4) is 0 Å². The van der Waals surface area contributed by atoms with Crippen LogP contribution in [0.5, 0.6) is 0 Å². The summed E-state index contributed by atoms with van der Waals surface area (Å²) in [7, 11) is 0. The molecule has 0 aromatic heterocycles. The molecule has 0 amide bonds. The molecule has 2 fully saturated rings. The zero-order valence-corrected chi connectivity index (χ0v) is 9.06. The summed E-state index contributed by atoms with van der Waals surface area (Å²) >= 11 is 0. The Morgan fingerprint density at radius 2 is 1.79 bits per heavy atom.